The lowest BCUT2D eigenvalue weighted by Gasteiger charge is -2.22. The van der Waals surface area contributed by atoms with Crippen LogP contribution in [0, 0.1) is 0 Å². The van der Waals surface area contributed by atoms with Gasteiger partial charge in [0.15, 0.2) is 5.78 Å². The summed E-state index contributed by atoms with van der Waals surface area (Å²) in [7, 11) is 1.31. The Morgan fingerprint density at radius 2 is 1.81 bits per heavy atom. The second kappa shape index (κ2) is 10.2. The average molecular weight is 374 g/mol. The topological polar surface area (TPSA) is 84.5 Å². The van der Waals surface area contributed by atoms with E-state index in [0.717, 1.165) is 37.8 Å². The minimum Gasteiger partial charge on any atom is -0.469 e. The first-order valence-corrected chi connectivity index (χ1v) is 9.62. The number of methoxy groups -OCH3 is 1. The summed E-state index contributed by atoms with van der Waals surface area (Å²) in [4.78, 5) is 35.1. The van der Waals surface area contributed by atoms with Crippen molar-refractivity contribution < 1.29 is 19.1 Å². The largest absolute Gasteiger partial charge is 0.469 e. The highest BCUT2D eigenvalue weighted by molar-refractivity contribution is 5.88. The third kappa shape index (κ3) is 6.79. The number of nitrogens with one attached hydrogen (secondary N) is 2. The van der Waals surface area contributed by atoms with Crippen LogP contribution in [0.3, 0.4) is 0 Å². The number of ether oxygens (including phenoxy) is 1. The van der Waals surface area contributed by atoms with Crippen molar-refractivity contribution in [2.24, 2.45) is 0 Å². The lowest BCUT2D eigenvalue weighted by atomic mass is 9.91. The molecule has 1 saturated heterocycles. The number of amides is 1. The van der Waals surface area contributed by atoms with Crippen LogP contribution < -0.4 is 10.6 Å². The molecule has 1 aromatic rings. The van der Waals surface area contributed by atoms with Crippen molar-refractivity contribution in [3.05, 3.63) is 35.4 Å². The van der Waals surface area contributed by atoms with E-state index >= 15 is 0 Å². The van der Waals surface area contributed by atoms with Gasteiger partial charge in [-0.05, 0) is 50.3 Å². The fourth-order valence-electron chi connectivity index (χ4n) is 3.29. The number of carbonyl (C=O) groups is 3. The first kappa shape index (κ1) is 21.1. The number of carbonyl (C=O) groups excluding carboxylic acids is 3. The third-order valence-corrected chi connectivity index (χ3v) is 5.15. The van der Waals surface area contributed by atoms with Crippen LogP contribution in [0.4, 0.5) is 0 Å². The van der Waals surface area contributed by atoms with Gasteiger partial charge in [-0.2, -0.15) is 0 Å². The number of Topliss-reactive ketones (excluding diaryl/α,β-unsaturated/α-hetero) is 1. The molecule has 1 fully saturated rings. The minimum absolute atomic E-state index is 0.0918. The molecule has 0 aliphatic carbocycles. The molecular formula is C21H30N2O4. The summed E-state index contributed by atoms with van der Waals surface area (Å²) in [6, 6.07) is 8.04. The molecule has 1 heterocycles. The van der Waals surface area contributed by atoms with Gasteiger partial charge in [-0.25, -0.2) is 0 Å². The molecule has 1 atom stereocenters. The first-order chi connectivity index (χ1) is 12.9. The van der Waals surface area contributed by atoms with Gasteiger partial charge in [0.05, 0.1) is 19.1 Å². The Labute approximate surface area is 161 Å². The first-order valence-electron chi connectivity index (χ1n) is 9.62. The van der Waals surface area contributed by atoms with Crippen molar-refractivity contribution in [1.82, 2.24) is 10.6 Å². The molecular weight excluding hydrogens is 344 g/mol. The molecule has 6 nitrogen and oxygen atoms in total. The molecule has 0 bridgehead atoms. The number of rotatable bonds is 10. The van der Waals surface area contributed by atoms with Crippen molar-refractivity contribution >= 4 is 17.7 Å². The molecule has 1 aromatic carbocycles. The lowest BCUT2D eigenvalue weighted by molar-refractivity contribution is -0.142. The maximum Gasteiger partial charge on any atom is 0.306 e. The number of ketones is 1. The molecule has 1 aliphatic heterocycles. The van der Waals surface area contributed by atoms with Crippen LogP contribution in [-0.2, 0) is 32.1 Å². The molecule has 27 heavy (non-hydrogen) atoms. The summed E-state index contributed by atoms with van der Waals surface area (Å²) < 4.78 is 4.51. The van der Waals surface area contributed by atoms with Gasteiger partial charge < -0.3 is 15.4 Å². The predicted octanol–water partition coefficient (Wildman–Crippen LogP) is 2.29. The Balaban J connectivity index is 1.68. The van der Waals surface area contributed by atoms with Crippen molar-refractivity contribution in [2.75, 3.05) is 13.7 Å². The minimum atomic E-state index is -0.384. The van der Waals surface area contributed by atoms with Crippen LogP contribution >= 0.6 is 0 Å². The number of aryl methyl sites for hydroxylation is 1. The van der Waals surface area contributed by atoms with Gasteiger partial charge in [0.2, 0.25) is 5.91 Å². The van der Waals surface area contributed by atoms with Gasteiger partial charge >= 0.3 is 5.97 Å². The zero-order valence-corrected chi connectivity index (χ0v) is 16.3. The van der Waals surface area contributed by atoms with E-state index < -0.39 is 0 Å². The van der Waals surface area contributed by atoms with E-state index in [2.05, 4.69) is 15.4 Å². The normalized spacial score (nSPS) is 18.9. The Kier molecular flexibility index (Phi) is 7.98. The van der Waals surface area contributed by atoms with Crippen molar-refractivity contribution in [2.45, 2.75) is 64.0 Å². The zero-order chi connectivity index (χ0) is 19.7. The lowest BCUT2D eigenvalue weighted by Crippen LogP contribution is -2.44. The van der Waals surface area contributed by atoms with Crippen LogP contribution in [0.25, 0.3) is 0 Å². The van der Waals surface area contributed by atoms with E-state index in [0.29, 0.717) is 18.7 Å². The van der Waals surface area contributed by atoms with Crippen LogP contribution in [0.15, 0.2) is 24.3 Å². The maximum absolute atomic E-state index is 12.3. The molecule has 2 rings (SSSR count). The quantitative estimate of drug-likeness (QED) is 0.614. The summed E-state index contributed by atoms with van der Waals surface area (Å²) in [6.07, 6.45) is 4.55. The number of esters is 1. The summed E-state index contributed by atoms with van der Waals surface area (Å²) in [6.45, 7) is 3.38. The smallest absolute Gasteiger partial charge is 0.306 e. The van der Waals surface area contributed by atoms with E-state index in [9.17, 15) is 14.4 Å². The maximum atomic E-state index is 12.3. The molecule has 0 spiro atoms. The van der Waals surface area contributed by atoms with Gasteiger partial charge in [0.1, 0.15) is 0 Å². The van der Waals surface area contributed by atoms with Crippen molar-refractivity contribution in [3.8, 4) is 0 Å². The van der Waals surface area contributed by atoms with Gasteiger partial charge in [0.25, 0.3) is 0 Å². The molecule has 6 heteroatoms. The predicted molar refractivity (Wildman–Crippen MR) is 103 cm³/mol. The van der Waals surface area contributed by atoms with Gasteiger partial charge in [-0.3, -0.25) is 14.4 Å². The molecule has 0 unspecified atom stereocenters. The molecule has 1 amide bonds. The van der Waals surface area contributed by atoms with Crippen molar-refractivity contribution in [3.63, 3.8) is 0 Å². The highest BCUT2D eigenvalue weighted by atomic mass is 16.5. The van der Waals surface area contributed by atoms with Gasteiger partial charge in [0, 0.05) is 19.4 Å². The van der Waals surface area contributed by atoms with Crippen LogP contribution in [0.2, 0.25) is 0 Å². The molecule has 2 N–H and O–H groups in total. The van der Waals surface area contributed by atoms with Crippen molar-refractivity contribution in [1.29, 1.82) is 0 Å². The Morgan fingerprint density at radius 3 is 2.44 bits per heavy atom. The Morgan fingerprint density at radius 1 is 1.11 bits per heavy atom. The van der Waals surface area contributed by atoms with E-state index in [1.165, 1.54) is 12.7 Å². The van der Waals surface area contributed by atoms with Gasteiger partial charge in [-0.15, -0.1) is 0 Å². The zero-order valence-electron chi connectivity index (χ0n) is 16.3. The molecule has 0 saturated carbocycles. The highest BCUT2D eigenvalue weighted by Gasteiger charge is 2.34. The highest BCUT2D eigenvalue weighted by Crippen LogP contribution is 2.22. The monoisotopic (exact) mass is 374 g/mol. The molecule has 0 aromatic heterocycles. The third-order valence-electron chi connectivity index (χ3n) is 5.15. The number of hydrogen-bond donors (Lipinski definition) is 2. The number of benzene rings is 1. The van der Waals surface area contributed by atoms with Crippen LogP contribution in [0.5, 0.6) is 0 Å². The Bertz CT molecular complexity index is 649. The molecule has 1 aliphatic rings. The SMILES string of the molecule is COC(=O)CCC(=O)NCc1ccc(CCCC(=O)[C@]2(C)CCCN2)cc1. The molecule has 148 valence electrons. The Hall–Kier alpha value is -2.21. The summed E-state index contributed by atoms with van der Waals surface area (Å²) in [5.41, 5.74) is 1.87. The fourth-order valence-corrected chi connectivity index (χ4v) is 3.29. The fraction of sp³-hybridized carbons (Fsp3) is 0.571. The van der Waals surface area contributed by atoms with E-state index in [1.54, 1.807) is 0 Å². The van der Waals surface area contributed by atoms with Crippen LogP contribution in [0.1, 0.15) is 56.6 Å². The van der Waals surface area contributed by atoms with E-state index in [1.807, 2.05) is 31.2 Å². The average Bonchev–Trinajstić information content (AvgIpc) is 3.13. The second-order valence-corrected chi connectivity index (χ2v) is 7.31. The summed E-state index contributed by atoms with van der Waals surface area (Å²) >= 11 is 0. The van der Waals surface area contributed by atoms with E-state index in [-0.39, 0.29) is 30.3 Å². The van der Waals surface area contributed by atoms with Gasteiger partial charge in [-0.1, -0.05) is 24.3 Å². The van der Waals surface area contributed by atoms with Crippen LogP contribution in [-0.4, -0.2) is 36.9 Å². The standard InChI is InChI=1S/C21H30N2O4/c1-21(13-4-14-23-21)18(24)6-3-5-16-7-9-17(10-8-16)15-22-19(25)11-12-20(26)27-2/h7-10,23H,3-6,11-15H2,1-2H3,(H,22,25)/t21-/m0/s1. The van der Waals surface area contributed by atoms with E-state index in [4.69, 9.17) is 0 Å². The second-order valence-electron chi connectivity index (χ2n) is 7.31. The summed E-state index contributed by atoms with van der Waals surface area (Å²) in [5.74, 6) is -0.242. The molecule has 0 radical (unpaired) electrons. The number of hydrogen-bond acceptors (Lipinski definition) is 5. The summed E-state index contributed by atoms with van der Waals surface area (Å²) in [5, 5.41) is 6.11.